The minimum absolute atomic E-state index is 0.128. The third-order valence-corrected chi connectivity index (χ3v) is 5.56. The van der Waals surface area contributed by atoms with Crippen molar-refractivity contribution in [3.8, 4) is 0 Å². The molecular formula is C19H18N6O2S. The summed E-state index contributed by atoms with van der Waals surface area (Å²) in [5, 5.41) is 3.23. The molecule has 9 heteroatoms. The summed E-state index contributed by atoms with van der Waals surface area (Å²) in [7, 11) is 0. The molecule has 0 fully saturated rings. The van der Waals surface area contributed by atoms with E-state index in [-0.39, 0.29) is 11.8 Å². The molecule has 28 heavy (non-hydrogen) atoms. The van der Waals surface area contributed by atoms with Crippen molar-refractivity contribution in [2.75, 3.05) is 18.4 Å². The van der Waals surface area contributed by atoms with Gasteiger partial charge in [0.25, 0.3) is 11.8 Å². The zero-order valence-corrected chi connectivity index (χ0v) is 16.1. The lowest BCUT2D eigenvalue weighted by molar-refractivity contribution is 0.0756. The van der Waals surface area contributed by atoms with Crippen LogP contribution in [0.3, 0.4) is 0 Å². The summed E-state index contributed by atoms with van der Waals surface area (Å²) in [6.45, 7) is 2.93. The second-order valence-corrected chi connectivity index (χ2v) is 7.50. The highest BCUT2D eigenvalue weighted by atomic mass is 32.1. The highest BCUT2D eigenvalue weighted by molar-refractivity contribution is 7.13. The summed E-state index contributed by atoms with van der Waals surface area (Å²) >= 11 is 1.38. The molecule has 0 radical (unpaired) electrons. The smallest absolute Gasteiger partial charge is 0.284 e. The SMILES string of the molecule is Cc1cnc(C(=O)N2CCc3nc(C(=O)Nc4cccnc4)sc3CC2)cn1. The third kappa shape index (κ3) is 3.89. The Morgan fingerprint density at radius 3 is 2.75 bits per heavy atom. The van der Waals surface area contributed by atoms with Crippen molar-refractivity contribution >= 4 is 28.8 Å². The summed E-state index contributed by atoms with van der Waals surface area (Å²) in [5.74, 6) is -0.369. The Labute approximate surface area is 165 Å². The Morgan fingerprint density at radius 1 is 1.14 bits per heavy atom. The molecule has 3 aromatic rings. The Kier molecular flexibility index (Phi) is 5.07. The fourth-order valence-corrected chi connectivity index (χ4v) is 3.94. The maximum atomic E-state index is 12.7. The van der Waals surface area contributed by atoms with Crippen molar-refractivity contribution in [3.63, 3.8) is 0 Å². The predicted octanol–water partition coefficient (Wildman–Crippen LogP) is 2.13. The van der Waals surface area contributed by atoms with Gasteiger partial charge in [-0.25, -0.2) is 9.97 Å². The molecule has 3 aromatic heterocycles. The van der Waals surface area contributed by atoms with E-state index in [1.807, 2.05) is 6.92 Å². The van der Waals surface area contributed by atoms with Gasteiger partial charge in [-0.2, -0.15) is 0 Å². The minimum atomic E-state index is -0.242. The second kappa shape index (κ2) is 7.81. The van der Waals surface area contributed by atoms with Crippen LogP contribution in [-0.4, -0.2) is 49.7 Å². The fourth-order valence-electron chi connectivity index (χ4n) is 2.95. The van der Waals surface area contributed by atoms with E-state index >= 15 is 0 Å². The number of hydrogen-bond acceptors (Lipinski definition) is 7. The van der Waals surface area contributed by atoms with Gasteiger partial charge < -0.3 is 10.2 Å². The second-order valence-electron chi connectivity index (χ2n) is 6.42. The van der Waals surface area contributed by atoms with E-state index in [0.29, 0.717) is 42.3 Å². The van der Waals surface area contributed by atoms with Crippen LogP contribution >= 0.6 is 11.3 Å². The number of nitrogens with zero attached hydrogens (tertiary/aromatic N) is 5. The number of aryl methyl sites for hydroxylation is 1. The van der Waals surface area contributed by atoms with Crippen molar-refractivity contribution in [2.45, 2.75) is 19.8 Å². The van der Waals surface area contributed by atoms with E-state index in [4.69, 9.17) is 0 Å². The predicted molar refractivity (Wildman–Crippen MR) is 104 cm³/mol. The molecule has 0 saturated heterocycles. The van der Waals surface area contributed by atoms with Crippen molar-refractivity contribution < 1.29 is 9.59 Å². The van der Waals surface area contributed by atoms with Gasteiger partial charge in [-0.1, -0.05) is 0 Å². The molecular weight excluding hydrogens is 376 g/mol. The normalized spacial score (nSPS) is 13.5. The maximum Gasteiger partial charge on any atom is 0.284 e. The molecule has 1 aliphatic heterocycles. The van der Waals surface area contributed by atoms with Gasteiger partial charge in [-0.05, 0) is 19.1 Å². The van der Waals surface area contributed by atoms with Crippen molar-refractivity contribution in [3.05, 3.63) is 63.9 Å². The average Bonchev–Trinajstić information content (AvgIpc) is 3.02. The molecule has 0 atom stereocenters. The lowest BCUT2D eigenvalue weighted by Crippen LogP contribution is -2.34. The topological polar surface area (TPSA) is 101 Å². The van der Waals surface area contributed by atoms with Gasteiger partial charge in [0.05, 0.1) is 29.5 Å². The van der Waals surface area contributed by atoms with Gasteiger partial charge in [-0.15, -0.1) is 11.3 Å². The molecule has 142 valence electrons. The Hall–Kier alpha value is -3.20. The Bertz CT molecular complexity index is 978. The highest BCUT2D eigenvalue weighted by Gasteiger charge is 2.24. The number of carbonyl (C=O) groups excluding carboxylic acids is 2. The third-order valence-electron chi connectivity index (χ3n) is 4.41. The molecule has 8 nitrogen and oxygen atoms in total. The van der Waals surface area contributed by atoms with E-state index in [1.54, 1.807) is 35.6 Å². The molecule has 0 aromatic carbocycles. The summed E-state index contributed by atoms with van der Waals surface area (Å²) < 4.78 is 0. The van der Waals surface area contributed by atoms with E-state index < -0.39 is 0 Å². The van der Waals surface area contributed by atoms with Crippen molar-refractivity contribution in [2.24, 2.45) is 0 Å². The Balaban J connectivity index is 1.43. The van der Waals surface area contributed by atoms with E-state index in [0.717, 1.165) is 16.3 Å². The van der Waals surface area contributed by atoms with Crippen LogP contribution < -0.4 is 5.32 Å². The number of rotatable bonds is 3. The monoisotopic (exact) mass is 394 g/mol. The first-order chi connectivity index (χ1) is 13.6. The molecule has 2 amide bonds. The van der Waals surface area contributed by atoms with Gasteiger partial charge >= 0.3 is 0 Å². The molecule has 0 aliphatic carbocycles. The maximum absolute atomic E-state index is 12.7. The van der Waals surface area contributed by atoms with Crippen LogP contribution in [0, 0.1) is 6.92 Å². The van der Waals surface area contributed by atoms with E-state index in [2.05, 4.69) is 25.3 Å². The van der Waals surface area contributed by atoms with Gasteiger partial charge in [0.1, 0.15) is 5.69 Å². The summed E-state index contributed by atoms with van der Waals surface area (Å²) in [6.07, 6.45) is 7.62. The van der Waals surface area contributed by atoms with Crippen LogP contribution in [-0.2, 0) is 12.8 Å². The number of amides is 2. The van der Waals surface area contributed by atoms with Gasteiger partial charge in [0, 0.05) is 43.2 Å². The number of anilines is 1. The first-order valence-corrected chi connectivity index (χ1v) is 9.69. The number of thiazole rings is 1. The molecule has 4 heterocycles. The van der Waals surface area contributed by atoms with Crippen LogP contribution in [0.4, 0.5) is 5.69 Å². The molecule has 0 saturated carbocycles. The molecule has 0 bridgehead atoms. The highest BCUT2D eigenvalue weighted by Crippen LogP contribution is 2.24. The van der Waals surface area contributed by atoms with Crippen LogP contribution in [0.1, 0.15) is 36.6 Å². The first-order valence-electron chi connectivity index (χ1n) is 8.88. The average molecular weight is 394 g/mol. The van der Waals surface area contributed by atoms with E-state index in [1.165, 1.54) is 17.5 Å². The van der Waals surface area contributed by atoms with Crippen LogP contribution in [0.2, 0.25) is 0 Å². The van der Waals surface area contributed by atoms with Crippen LogP contribution in [0.15, 0.2) is 36.9 Å². The molecule has 0 spiro atoms. The zero-order chi connectivity index (χ0) is 19.5. The zero-order valence-electron chi connectivity index (χ0n) is 15.3. The quantitative estimate of drug-likeness (QED) is 0.730. The van der Waals surface area contributed by atoms with Gasteiger partial charge in [-0.3, -0.25) is 19.6 Å². The molecule has 1 N–H and O–H groups in total. The van der Waals surface area contributed by atoms with Gasteiger partial charge in [0.15, 0.2) is 5.01 Å². The van der Waals surface area contributed by atoms with E-state index in [9.17, 15) is 9.59 Å². The molecule has 1 aliphatic rings. The standard InChI is InChI=1S/C19H18N6O2S/c1-12-9-22-15(11-21-12)19(27)25-7-4-14-16(5-8-25)28-18(24-14)17(26)23-13-3-2-6-20-10-13/h2-3,6,9-11H,4-5,7-8H2,1H3,(H,23,26). The number of fused-ring (bicyclic) bond motifs is 1. The Morgan fingerprint density at radius 2 is 2.00 bits per heavy atom. The minimum Gasteiger partial charge on any atom is -0.337 e. The van der Waals surface area contributed by atoms with Crippen LogP contribution in [0.25, 0.3) is 0 Å². The fraction of sp³-hybridized carbons (Fsp3) is 0.263. The summed E-state index contributed by atoms with van der Waals surface area (Å²) in [4.78, 5) is 44.7. The summed E-state index contributed by atoms with van der Waals surface area (Å²) in [6, 6.07) is 3.54. The molecule has 0 unspecified atom stereocenters. The number of aromatic nitrogens is 4. The van der Waals surface area contributed by atoms with Crippen molar-refractivity contribution in [1.82, 2.24) is 24.8 Å². The lowest BCUT2D eigenvalue weighted by Gasteiger charge is -2.19. The number of hydrogen-bond donors (Lipinski definition) is 1. The lowest BCUT2D eigenvalue weighted by atomic mass is 10.2. The molecule has 4 rings (SSSR count). The summed E-state index contributed by atoms with van der Waals surface area (Å²) in [5.41, 5.74) is 2.64. The number of pyridine rings is 1. The number of nitrogens with one attached hydrogen (secondary N) is 1. The van der Waals surface area contributed by atoms with Crippen LogP contribution in [0.5, 0.6) is 0 Å². The number of carbonyl (C=O) groups is 2. The largest absolute Gasteiger partial charge is 0.337 e. The first kappa shape index (κ1) is 18.2. The van der Waals surface area contributed by atoms with Crippen molar-refractivity contribution in [1.29, 1.82) is 0 Å². The van der Waals surface area contributed by atoms with Gasteiger partial charge in [0.2, 0.25) is 0 Å².